The Hall–Kier alpha value is -2.80. The first-order chi connectivity index (χ1) is 13.8. The molecule has 7 heteroatoms. The molecule has 152 valence electrons. The van der Waals surface area contributed by atoms with E-state index in [-0.39, 0.29) is 11.7 Å². The molecule has 0 aliphatic carbocycles. The zero-order valence-corrected chi connectivity index (χ0v) is 18.3. The first-order valence-corrected chi connectivity index (χ1v) is 10.4. The fourth-order valence-corrected chi connectivity index (χ4v) is 3.65. The SMILES string of the molecule is Cc1ccc(C)c(OCc2nnc(SCC(=O)Nc3c(C)cccc3C)n2C)c1. The topological polar surface area (TPSA) is 69.0 Å². The summed E-state index contributed by atoms with van der Waals surface area (Å²) in [7, 11) is 1.88. The van der Waals surface area contributed by atoms with Gasteiger partial charge in [0.25, 0.3) is 0 Å². The Morgan fingerprint density at radius 2 is 1.79 bits per heavy atom. The Morgan fingerprint density at radius 3 is 2.52 bits per heavy atom. The van der Waals surface area contributed by atoms with Gasteiger partial charge in [0.15, 0.2) is 11.0 Å². The minimum atomic E-state index is -0.0661. The second-order valence-electron chi connectivity index (χ2n) is 7.12. The van der Waals surface area contributed by atoms with Crippen LogP contribution in [0.3, 0.4) is 0 Å². The average Bonchev–Trinajstić information content (AvgIpc) is 3.03. The molecule has 3 aromatic rings. The normalized spacial score (nSPS) is 10.8. The van der Waals surface area contributed by atoms with Crippen LogP contribution in [0.25, 0.3) is 0 Å². The number of hydrogen-bond donors (Lipinski definition) is 1. The lowest BCUT2D eigenvalue weighted by atomic mass is 10.1. The van der Waals surface area contributed by atoms with Gasteiger partial charge in [0.1, 0.15) is 12.4 Å². The lowest BCUT2D eigenvalue weighted by Crippen LogP contribution is -2.16. The lowest BCUT2D eigenvalue weighted by Gasteiger charge is -2.11. The quantitative estimate of drug-likeness (QED) is 0.586. The molecule has 0 unspecified atom stereocenters. The number of hydrogen-bond acceptors (Lipinski definition) is 5. The standard InChI is InChI=1S/C22H26N4O2S/c1-14-9-10-15(2)18(11-14)28-12-19-24-25-22(26(19)5)29-13-20(27)23-21-16(3)7-6-8-17(21)4/h6-11H,12-13H2,1-5H3,(H,23,27). The number of aryl methyl sites for hydroxylation is 4. The Labute approximate surface area is 175 Å². The second kappa shape index (κ2) is 9.13. The summed E-state index contributed by atoms with van der Waals surface area (Å²) in [4.78, 5) is 12.4. The molecule has 0 saturated heterocycles. The van der Waals surface area contributed by atoms with E-state index in [2.05, 4.69) is 21.6 Å². The molecule has 0 saturated carbocycles. The average molecular weight is 411 g/mol. The van der Waals surface area contributed by atoms with Crippen molar-refractivity contribution in [3.05, 3.63) is 64.5 Å². The highest BCUT2D eigenvalue weighted by molar-refractivity contribution is 7.99. The number of carbonyl (C=O) groups is 1. The van der Waals surface area contributed by atoms with Gasteiger partial charge in [-0.3, -0.25) is 4.79 Å². The number of anilines is 1. The first kappa shape index (κ1) is 20.9. The minimum Gasteiger partial charge on any atom is -0.485 e. The van der Waals surface area contributed by atoms with E-state index in [0.717, 1.165) is 33.7 Å². The van der Waals surface area contributed by atoms with Crippen molar-refractivity contribution in [3.63, 3.8) is 0 Å². The number of nitrogens with one attached hydrogen (secondary N) is 1. The van der Waals surface area contributed by atoms with Crippen LogP contribution in [0, 0.1) is 27.7 Å². The zero-order chi connectivity index (χ0) is 21.0. The molecule has 1 aromatic heterocycles. The van der Waals surface area contributed by atoms with E-state index in [1.807, 2.05) is 69.6 Å². The number of ether oxygens (including phenoxy) is 1. The van der Waals surface area contributed by atoms with Crippen LogP contribution in [0.5, 0.6) is 5.75 Å². The van der Waals surface area contributed by atoms with Crippen molar-refractivity contribution in [1.82, 2.24) is 14.8 Å². The van der Waals surface area contributed by atoms with E-state index in [0.29, 0.717) is 17.6 Å². The van der Waals surface area contributed by atoms with E-state index in [9.17, 15) is 4.79 Å². The molecule has 1 N–H and O–H groups in total. The molecule has 2 aromatic carbocycles. The highest BCUT2D eigenvalue weighted by atomic mass is 32.2. The molecule has 0 fully saturated rings. The number of para-hydroxylation sites is 1. The van der Waals surface area contributed by atoms with Crippen molar-refractivity contribution in [2.45, 2.75) is 39.5 Å². The van der Waals surface area contributed by atoms with Gasteiger partial charge in [-0.15, -0.1) is 10.2 Å². The molecule has 0 spiro atoms. The van der Waals surface area contributed by atoms with Crippen molar-refractivity contribution < 1.29 is 9.53 Å². The highest BCUT2D eigenvalue weighted by Gasteiger charge is 2.13. The summed E-state index contributed by atoms with van der Waals surface area (Å²) in [6.07, 6.45) is 0. The summed E-state index contributed by atoms with van der Waals surface area (Å²) in [6, 6.07) is 12.1. The number of thioether (sulfide) groups is 1. The van der Waals surface area contributed by atoms with Gasteiger partial charge in [-0.25, -0.2) is 0 Å². The number of benzene rings is 2. The van der Waals surface area contributed by atoms with Crippen molar-refractivity contribution >= 4 is 23.4 Å². The van der Waals surface area contributed by atoms with Gasteiger partial charge < -0.3 is 14.6 Å². The van der Waals surface area contributed by atoms with Crippen LogP contribution in [0.2, 0.25) is 0 Å². The van der Waals surface area contributed by atoms with Crippen LogP contribution < -0.4 is 10.1 Å². The third-order valence-corrected chi connectivity index (χ3v) is 5.72. The van der Waals surface area contributed by atoms with E-state index in [1.54, 1.807) is 0 Å². The summed E-state index contributed by atoms with van der Waals surface area (Å²) in [6.45, 7) is 8.35. The number of rotatable bonds is 7. The Bertz CT molecular complexity index is 1010. The highest BCUT2D eigenvalue weighted by Crippen LogP contribution is 2.23. The first-order valence-electron chi connectivity index (χ1n) is 9.42. The third-order valence-electron chi connectivity index (χ3n) is 4.70. The molecule has 0 aliphatic heterocycles. The Kier molecular flexibility index (Phi) is 6.59. The van der Waals surface area contributed by atoms with Crippen molar-refractivity contribution in [2.75, 3.05) is 11.1 Å². The van der Waals surface area contributed by atoms with Gasteiger partial charge in [-0.1, -0.05) is 42.1 Å². The van der Waals surface area contributed by atoms with Crippen molar-refractivity contribution in [2.24, 2.45) is 7.05 Å². The molecule has 6 nitrogen and oxygen atoms in total. The van der Waals surface area contributed by atoms with E-state index in [1.165, 1.54) is 11.8 Å². The summed E-state index contributed by atoms with van der Waals surface area (Å²) in [5.41, 5.74) is 5.20. The number of amides is 1. The summed E-state index contributed by atoms with van der Waals surface area (Å²) in [5.74, 6) is 1.75. The third kappa shape index (κ3) is 5.17. The van der Waals surface area contributed by atoms with Gasteiger partial charge in [-0.05, 0) is 56.0 Å². The Balaban J connectivity index is 1.58. The molecule has 29 heavy (non-hydrogen) atoms. The van der Waals surface area contributed by atoms with Crippen LogP contribution in [-0.2, 0) is 18.4 Å². The molecule has 3 rings (SSSR count). The Morgan fingerprint density at radius 1 is 1.07 bits per heavy atom. The fourth-order valence-electron chi connectivity index (χ4n) is 2.92. The molecule has 0 atom stereocenters. The smallest absolute Gasteiger partial charge is 0.234 e. The predicted molar refractivity (Wildman–Crippen MR) is 117 cm³/mol. The number of nitrogens with zero attached hydrogens (tertiary/aromatic N) is 3. The predicted octanol–water partition coefficient (Wildman–Crippen LogP) is 4.36. The fraction of sp³-hybridized carbons (Fsp3) is 0.318. The van der Waals surface area contributed by atoms with Crippen molar-refractivity contribution in [3.8, 4) is 5.75 Å². The number of carbonyl (C=O) groups excluding carboxylic acids is 1. The maximum atomic E-state index is 12.4. The number of aromatic nitrogens is 3. The molecule has 0 bridgehead atoms. The maximum Gasteiger partial charge on any atom is 0.234 e. The van der Waals surface area contributed by atoms with Gasteiger partial charge >= 0.3 is 0 Å². The van der Waals surface area contributed by atoms with Crippen LogP contribution in [0.4, 0.5) is 5.69 Å². The minimum absolute atomic E-state index is 0.0661. The van der Waals surface area contributed by atoms with Crippen LogP contribution in [0.1, 0.15) is 28.1 Å². The molecule has 1 amide bonds. The molecule has 1 heterocycles. The maximum absolute atomic E-state index is 12.4. The zero-order valence-electron chi connectivity index (χ0n) is 17.4. The van der Waals surface area contributed by atoms with E-state index >= 15 is 0 Å². The van der Waals surface area contributed by atoms with Gasteiger partial charge in [-0.2, -0.15) is 0 Å². The van der Waals surface area contributed by atoms with Crippen molar-refractivity contribution in [1.29, 1.82) is 0 Å². The van der Waals surface area contributed by atoms with E-state index in [4.69, 9.17) is 4.74 Å². The van der Waals surface area contributed by atoms with E-state index < -0.39 is 0 Å². The summed E-state index contributed by atoms with van der Waals surface area (Å²) in [5, 5.41) is 12.1. The molecule has 0 radical (unpaired) electrons. The summed E-state index contributed by atoms with van der Waals surface area (Å²) < 4.78 is 7.78. The van der Waals surface area contributed by atoms with Gasteiger partial charge in [0, 0.05) is 12.7 Å². The van der Waals surface area contributed by atoms with Gasteiger partial charge in [0.2, 0.25) is 5.91 Å². The van der Waals surface area contributed by atoms with Gasteiger partial charge in [0.05, 0.1) is 5.75 Å². The van der Waals surface area contributed by atoms with Crippen LogP contribution >= 0.6 is 11.8 Å². The largest absolute Gasteiger partial charge is 0.485 e. The summed E-state index contributed by atoms with van der Waals surface area (Å²) >= 11 is 1.36. The second-order valence-corrected chi connectivity index (χ2v) is 8.06. The molecular weight excluding hydrogens is 384 g/mol. The lowest BCUT2D eigenvalue weighted by molar-refractivity contribution is -0.113. The molecular formula is C22H26N4O2S. The van der Waals surface area contributed by atoms with Crippen LogP contribution in [0.15, 0.2) is 41.6 Å². The monoisotopic (exact) mass is 410 g/mol. The molecule has 0 aliphatic rings. The van der Waals surface area contributed by atoms with Crippen LogP contribution in [-0.4, -0.2) is 26.4 Å².